The normalized spacial score (nSPS) is 14.8. The Hall–Kier alpha value is -3.61. The highest BCUT2D eigenvalue weighted by molar-refractivity contribution is 7.89. The van der Waals surface area contributed by atoms with Gasteiger partial charge in [-0.25, -0.2) is 13.6 Å². The van der Waals surface area contributed by atoms with Crippen molar-refractivity contribution in [2.75, 3.05) is 7.11 Å². The van der Waals surface area contributed by atoms with Crippen molar-refractivity contribution < 1.29 is 17.9 Å². The maximum absolute atomic E-state index is 12.2. The number of nitrogens with two attached hydrogens (primary N) is 1. The minimum atomic E-state index is -3.88. The van der Waals surface area contributed by atoms with E-state index in [9.17, 15) is 8.42 Å². The Balaban J connectivity index is 1.77. The first-order chi connectivity index (χ1) is 15.5. The Bertz CT molecular complexity index is 1420. The molecule has 5 nitrogen and oxygen atoms in total. The summed E-state index contributed by atoms with van der Waals surface area (Å²) in [5.41, 5.74) is 5.08. The standard InChI is InChI=1S/C26H21NO4S/c1-30-22-11-7-12-23-25(22)20-15-14-18(19-10-5-6-13-24(19)32(27,28)29)16-21(20)26(31-23)17-8-3-2-4-9-17/h2-16,26H,1H3,(H2,27,28,29). The van der Waals surface area contributed by atoms with Gasteiger partial charge in [-0.2, -0.15) is 0 Å². The number of rotatable bonds is 4. The second-order valence-corrected chi connectivity index (χ2v) is 9.12. The molecule has 1 heterocycles. The molecule has 0 aliphatic carbocycles. The summed E-state index contributed by atoms with van der Waals surface area (Å²) in [6, 6.07) is 28.3. The van der Waals surface area contributed by atoms with Gasteiger partial charge in [-0.3, -0.25) is 0 Å². The van der Waals surface area contributed by atoms with Crippen LogP contribution < -0.4 is 14.6 Å². The van der Waals surface area contributed by atoms with E-state index in [2.05, 4.69) is 0 Å². The van der Waals surface area contributed by atoms with Crippen LogP contribution in [0.15, 0.2) is 95.9 Å². The molecule has 6 heteroatoms. The SMILES string of the molecule is COc1cccc2c1-c1ccc(-c3ccccc3S(N)(=O)=O)cc1C(c1ccccc1)O2. The van der Waals surface area contributed by atoms with E-state index in [1.807, 2.05) is 66.7 Å². The lowest BCUT2D eigenvalue weighted by Gasteiger charge is -2.30. The molecule has 0 aromatic heterocycles. The quantitative estimate of drug-likeness (QED) is 0.473. The molecule has 0 radical (unpaired) electrons. The molecule has 2 N–H and O–H groups in total. The molecule has 5 rings (SSSR count). The van der Waals surface area contributed by atoms with Gasteiger partial charge in [0.2, 0.25) is 10.0 Å². The minimum absolute atomic E-state index is 0.0888. The third-order valence-electron chi connectivity index (χ3n) is 5.66. The van der Waals surface area contributed by atoms with E-state index in [1.165, 1.54) is 6.07 Å². The summed E-state index contributed by atoms with van der Waals surface area (Å²) in [6.07, 6.45) is -0.354. The van der Waals surface area contributed by atoms with Crippen LogP contribution in [0.1, 0.15) is 17.2 Å². The summed E-state index contributed by atoms with van der Waals surface area (Å²) in [6.45, 7) is 0. The van der Waals surface area contributed by atoms with Crippen LogP contribution in [0, 0.1) is 0 Å². The molecule has 4 aromatic carbocycles. The van der Waals surface area contributed by atoms with E-state index in [-0.39, 0.29) is 11.0 Å². The molecule has 0 bridgehead atoms. The van der Waals surface area contributed by atoms with Crippen LogP contribution in [0.25, 0.3) is 22.3 Å². The molecular weight excluding hydrogens is 422 g/mol. The van der Waals surface area contributed by atoms with Gasteiger partial charge in [0, 0.05) is 11.1 Å². The highest BCUT2D eigenvalue weighted by Gasteiger charge is 2.30. The smallest absolute Gasteiger partial charge is 0.238 e. The van der Waals surface area contributed by atoms with Crippen LogP contribution in [0.3, 0.4) is 0 Å². The molecule has 0 saturated carbocycles. The lowest BCUT2D eigenvalue weighted by atomic mass is 9.87. The van der Waals surface area contributed by atoms with Crippen molar-refractivity contribution in [3.63, 3.8) is 0 Å². The van der Waals surface area contributed by atoms with Gasteiger partial charge in [0.15, 0.2) is 0 Å². The van der Waals surface area contributed by atoms with Crippen LogP contribution in [-0.4, -0.2) is 15.5 Å². The molecule has 0 spiro atoms. The van der Waals surface area contributed by atoms with Crippen LogP contribution >= 0.6 is 0 Å². The number of methoxy groups -OCH3 is 1. The topological polar surface area (TPSA) is 78.6 Å². The van der Waals surface area contributed by atoms with Gasteiger partial charge in [-0.15, -0.1) is 0 Å². The van der Waals surface area contributed by atoms with Gasteiger partial charge >= 0.3 is 0 Å². The van der Waals surface area contributed by atoms with Crippen molar-refractivity contribution >= 4 is 10.0 Å². The molecule has 1 atom stereocenters. The summed E-state index contributed by atoms with van der Waals surface area (Å²) in [5, 5.41) is 5.48. The zero-order valence-corrected chi connectivity index (χ0v) is 18.2. The number of sulfonamides is 1. The van der Waals surface area contributed by atoms with Gasteiger partial charge in [-0.05, 0) is 41.0 Å². The predicted molar refractivity (Wildman–Crippen MR) is 124 cm³/mol. The van der Waals surface area contributed by atoms with E-state index in [4.69, 9.17) is 14.6 Å². The lowest BCUT2D eigenvalue weighted by molar-refractivity contribution is 0.242. The van der Waals surface area contributed by atoms with Crippen LogP contribution in [-0.2, 0) is 10.0 Å². The highest BCUT2D eigenvalue weighted by Crippen LogP contribution is 2.49. The maximum Gasteiger partial charge on any atom is 0.238 e. The van der Waals surface area contributed by atoms with Gasteiger partial charge in [0.05, 0.1) is 17.6 Å². The fraction of sp³-hybridized carbons (Fsp3) is 0.0769. The molecule has 1 unspecified atom stereocenters. The Morgan fingerprint density at radius 3 is 2.34 bits per heavy atom. The van der Waals surface area contributed by atoms with E-state index in [0.717, 1.165) is 33.6 Å². The summed E-state index contributed by atoms with van der Waals surface area (Å²) in [7, 11) is -2.24. The number of fused-ring (bicyclic) bond motifs is 3. The fourth-order valence-electron chi connectivity index (χ4n) is 4.24. The Morgan fingerprint density at radius 1 is 0.844 bits per heavy atom. The van der Waals surface area contributed by atoms with Crippen molar-refractivity contribution in [2.24, 2.45) is 5.14 Å². The highest BCUT2D eigenvalue weighted by atomic mass is 32.2. The van der Waals surface area contributed by atoms with Gasteiger partial charge in [-0.1, -0.05) is 66.7 Å². The number of ether oxygens (including phenoxy) is 2. The molecular formula is C26H21NO4S. The van der Waals surface area contributed by atoms with E-state index in [1.54, 1.807) is 25.3 Å². The first-order valence-corrected chi connectivity index (χ1v) is 11.7. The summed E-state index contributed by atoms with van der Waals surface area (Å²) in [4.78, 5) is 0.0888. The average molecular weight is 444 g/mol. The summed E-state index contributed by atoms with van der Waals surface area (Å²) < 4.78 is 36.4. The van der Waals surface area contributed by atoms with E-state index >= 15 is 0 Å². The van der Waals surface area contributed by atoms with Crippen molar-refractivity contribution in [1.82, 2.24) is 0 Å². The average Bonchev–Trinajstić information content (AvgIpc) is 2.82. The van der Waals surface area contributed by atoms with Gasteiger partial charge in [0.25, 0.3) is 0 Å². The van der Waals surface area contributed by atoms with Crippen molar-refractivity contribution in [3.05, 3.63) is 102 Å². The van der Waals surface area contributed by atoms with E-state index < -0.39 is 10.0 Å². The van der Waals surface area contributed by atoms with Gasteiger partial charge in [0.1, 0.15) is 17.6 Å². The third-order valence-corrected chi connectivity index (χ3v) is 6.63. The zero-order valence-electron chi connectivity index (χ0n) is 17.4. The maximum atomic E-state index is 12.2. The Morgan fingerprint density at radius 2 is 1.59 bits per heavy atom. The molecule has 0 fully saturated rings. The lowest BCUT2D eigenvalue weighted by Crippen LogP contribution is -2.16. The second-order valence-electron chi connectivity index (χ2n) is 7.59. The predicted octanol–water partition coefficient (Wildman–Crippen LogP) is 5.16. The molecule has 0 amide bonds. The first-order valence-electron chi connectivity index (χ1n) is 10.1. The number of hydrogen-bond donors (Lipinski definition) is 1. The summed E-state index contributed by atoms with van der Waals surface area (Å²) in [5.74, 6) is 1.45. The number of primary sulfonamides is 1. The second kappa shape index (κ2) is 7.82. The minimum Gasteiger partial charge on any atom is -0.496 e. The number of hydrogen-bond acceptors (Lipinski definition) is 4. The van der Waals surface area contributed by atoms with Crippen LogP contribution in [0.2, 0.25) is 0 Å². The molecule has 160 valence electrons. The number of benzene rings is 4. The largest absolute Gasteiger partial charge is 0.496 e. The van der Waals surface area contributed by atoms with Gasteiger partial charge < -0.3 is 9.47 Å². The van der Waals surface area contributed by atoms with Crippen LogP contribution in [0.5, 0.6) is 11.5 Å². The molecule has 1 aliphatic heterocycles. The molecule has 4 aromatic rings. The molecule has 32 heavy (non-hydrogen) atoms. The van der Waals surface area contributed by atoms with Crippen molar-refractivity contribution in [3.8, 4) is 33.8 Å². The monoisotopic (exact) mass is 443 g/mol. The van der Waals surface area contributed by atoms with Crippen molar-refractivity contribution in [2.45, 2.75) is 11.0 Å². The first kappa shape index (κ1) is 20.3. The zero-order chi connectivity index (χ0) is 22.3. The van der Waals surface area contributed by atoms with E-state index in [0.29, 0.717) is 11.3 Å². The van der Waals surface area contributed by atoms with Crippen molar-refractivity contribution in [1.29, 1.82) is 0 Å². The Labute approximate surface area is 187 Å². The Kier molecular flexibility index (Phi) is 4.96. The molecule has 0 saturated heterocycles. The third kappa shape index (κ3) is 3.43. The molecule has 1 aliphatic rings. The van der Waals surface area contributed by atoms with Crippen LogP contribution in [0.4, 0.5) is 0 Å². The summed E-state index contributed by atoms with van der Waals surface area (Å²) >= 11 is 0. The fourth-order valence-corrected chi connectivity index (χ4v) is 5.00.